The summed E-state index contributed by atoms with van der Waals surface area (Å²) >= 11 is 0. The third-order valence-electron chi connectivity index (χ3n) is 3.09. The van der Waals surface area contributed by atoms with Crippen molar-refractivity contribution in [3.63, 3.8) is 0 Å². The molecule has 0 aromatic carbocycles. The van der Waals surface area contributed by atoms with Crippen molar-refractivity contribution in [2.24, 2.45) is 5.73 Å². The molecule has 1 fully saturated rings. The van der Waals surface area contributed by atoms with E-state index in [-0.39, 0.29) is 18.5 Å². The number of aromatic nitrogens is 3. The summed E-state index contributed by atoms with van der Waals surface area (Å²) in [6.07, 6.45) is 3.87. The fourth-order valence-corrected chi connectivity index (χ4v) is 2.21. The molecular formula is C11H20N6O. The van der Waals surface area contributed by atoms with Crippen LogP contribution in [0.5, 0.6) is 0 Å². The van der Waals surface area contributed by atoms with Crippen LogP contribution in [0.25, 0.3) is 0 Å². The second-order valence-corrected chi connectivity index (χ2v) is 4.78. The van der Waals surface area contributed by atoms with Crippen LogP contribution in [0.3, 0.4) is 0 Å². The lowest BCUT2D eigenvalue weighted by molar-refractivity contribution is -0.122. The summed E-state index contributed by atoms with van der Waals surface area (Å²) in [5.41, 5.74) is 6.13. The van der Waals surface area contributed by atoms with E-state index < -0.39 is 0 Å². The van der Waals surface area contributed by atoms with Crippen LogP contribution in [-0.4, -0.2) is 52.0 Å². The molecule has 1 atom stereocenters. The molecule has 0 aliphatic carbocycles. The van der Waals surface area contributed by atoms with E-state index in [1.165, 1.54) is 4.68 Å². The number of nitrogens with two attached hydrogens (primary N) is 1. The van der Waals surface area contributed by atoms with Crippen LogP contribution in [0.1, 0.15) is 18.5 Å². The number of hydrogen-bond donors (Lipinski definition) is 2. The van der Waals surface area contributed by atoms with E-state index in [4.69, 9.17) is 5.73 Å². The Morgan fingerprint density at radius 1 is 1.67 bits per heavy atom. The summed E-state index contributed by atoms with van der Waals surface area (Å²) in [6, 6.07) is 0.244. The van der Waals surface area contributed by atoms with Gasteiger partial charge in [0.1, 0.15) is 6.54 Å². The fraction of sp³-hybridized carbons (Fsp3) is 0.727. The minimum absolute atomic E-state index is 0.0243. The maximum absolute atomic E-state index is 11.8. The number of carbonyl (C=O) groups is 1. The summed E-state index contributed by atoms with van der Waals surface area (Å²) in [4.78, 5) is 14.1. The van der Waals surface area contributed by atoms with Gasteiger partial charge in [0.15, 0.2) is 0 Å². The molecule has 0 radical (unpaired) electrons. The van der Waals surface area contributed by atoms with Crippen molar-refractivity contribution in [3.05, 3.63) is 11.9 Å². The fourth-order valence-electron chi connectivity index (χ4n) is 2.21. The highest BCUT2D eigenvalue weighted by atomic mass is 16.2. The second kappa shape index (κ2) is 5.92. The van der Waals surface area contributed by atoms with Crippen LogP contribution < -0.4 is 11.1 Å². The van der Waals surface area contributed by atoms with Crippen molar-refractivity contribution >= 4 is 5.91 Å². The molecule has 1 saturated heterocycles. The van der Waals surface area contributed by atoms with Crippen LogP contribution >= 0.6 is 0 Å². The predicted octanol–water partition coefficient (Wildman–Crippen LogP) is -1.05. The lowest BCUT2D eigenvalue weighted by atomic mass is 10.1. The zero-order valence-corrected chi connectivity index (χ0v) is 10.7. The van der Waals surface area contributed by atoms with E-state index >= 15 is 0 Å². The highest BCUT2D eigenvalue weighted by molar-refractivity contribution is 5.75. The monoisotopic (exact) mass is 252 g/mol. The van der Waals surface area contributed by atoms with Gasteiger partial charge < -0.3 is 16.0 Å². The first kappa shape index (κ1) is 13.0. The Morgan fingerprint density at radius 2 is 2.50 bits per heavy atom. The molecule has 1 aromatic heterocycles. The van der Waals surface area contributed by atoms with Crippen molar-refractivity contribution in [2.45, 2.75) is 32.0 Å². The van der Waals surface area contributed by atoms with Crippen LogP contribution in [0.2, 0.25) is 0 Å². The molecule has 1 amide bonds. The van der Waals surface area contributed by atoms with Crippen molar-refractivity contribution in [3.8, 4) is 0 Å². The number of rotatable bonds is 4. The Kier molecular flexibility index (Phi) is 4.27. The van der Waals surface area contributed by atoms with Gasteiger partial charge in [-0.1, -0.05) is 5.21 Å². The Balaban J connectivity index is 1.81. The molecule has 1 aliphatic rings. The molecule has 100 valence electrons. The zero-order chi connectivity index (χ0) is 13.0. The van der Waals surface area contributed by atoms with E-state index in [1.807, 2.05) is 0 Å². The molecule has 3 N–H and O–H groups in total. The minimum Gasteiger partial charge on any atom is -0.350 e. The molecule has 1 aliphatic heterocycles. The maximum atomic E-state index is 11.8. The van der Waals surface area contributed by atoms with Crippen LogP contribution in [-0.2, 0) is 17.9 Å². The number of piperidine rings is 1. The van der Waals surface area contributed by atoms with E-state index in [2.05, 4.69) is 27.6 Å². The molecule has 18 heavy (non-hydrogen) atoms. The molecular weight excluding hydrogens is 232 g/mol. The minimum atomic E-state index is -0.0243. The van der Waals surface area contributed by atoms with Crippen molar-refractivity contribution in [2.75, 3.05) is 20.1 Å². The number of amides is 1. The third-order valence-corrected chi connectivity index (χ3v) is 3.09. The molecule has 1 unspecified atom stereocenters. The topological polar surface area (TPSA) is 89.1 Å². The van der Waals surface area contributed by atoms with E-state index in [0.29, 0.717) is 12.2 Å². The lowest BCUT2D eigenvalue weighted by Gasteiger charge is -2.30. The standard InChI is InChI=1S/C11H20N6O/c1-16-4-2-3-9(6-16)13-11(18)8-17-7-10(5-12)14-15-17/h7,9H,2-6,8,12H2,1H3,(H,13,18). The van der Waals surface area contributed by atoms with Crippen molar-refractivity contribution in [1.82, 2.24) is 25.2 Å². The van der Waals surface area contributed by atoms with Gasteiger partial charge in [0, 0.05) is 19.1 Å². The van der Waals surface area contributed by atoms with Crippen molar-refractivity contribution in [1.29, 1.82) is 0 Å². The van der Waals surface area contributed by atoms with Crippen LogP contribution in [0.15, 0.2) is 6.20 Å². The van der Waals surface area contributed by atoms with Crippen LogP contribution in [0, 0.1) is 0 Å². The number of likely N-dealkylation sites (N-methyl/N-ethyl adjacent to an activating group) is 1. The third kappa shape index (κ3) is 3.51. The predicted molar refractivity (Wildman–Crippen MR) is 66.6 cm³/mol. The van der Waals surface area contributed by atoms with Gasteiger partial charge in [-0.3, -0.25) is 4.79 Å². The second-order valence-electron chi connectivity index (χ2n) is 4.78. The molecule has 2 rings (SSSR count). The number of likely N-dealkylation sites (tertiary alicyclic amines) is 1. The first-order valence-corrected chi connectivity index (χ1v) is 6.24. The number of nitrogens with zero attached hydrogens (tertiary/aromatic N) is 4. The largest absolute Gasteiger partial charge is 0.350 e. The first-order valence-electron chi connectivity index (χ1n) is 6.24. The van der Waals surface area contributed by atoms with Crippen molar-refractivity contribution < 1.29 is 4.79 Å². The number of carbonyl (C=O) groups excluding carboxylic acids is 1. The summed E-state index contributed by atoms with van der Waals surface area (Å²) in [7, 11) is 2.07. The summed E-state index contributed by atoms with van der Waals surface area (Å²) in [6.45, 7) is 2.56. The highest BCUT2D eigenvalue weighted by Gasteiger charge is 2.19. The van der Waals surface area contributed by atoms with Gasteiger partial charge in [-0.15, -0.1) is 5.10 Å². The first-order chi connectivity index (χ1) is 8.67. The van der Waals surface area contributed by atoms with Gasteiger partial charge in [0.05, 0.1) is 11.9 Å². The molecule has 1 aromatic rings. The average molecular weight is 252 g/mol. The molecule has 7 nitrogen and oxygen atoms in total. The number of nitrogens with one attached hydrogen (secondary N) is 1. The van der Waals surface area contributed by atoms with E-state index in [9.17, 15) is 4.79 Å². The van der Waals surface area contributed by atoms with Gasteiger partial charge in [-0.25, -0.2) is 4.68 Å². The van der Waals surface area contributed by atoms with Gasteiger partial charge >= 0.3 is 0 Å². The zero-order valence-electron chi connectivity index (χ0n) is 10.7. The SMILES string of the molecule is CN1CCCC(NC(=O)Cn2cc(CN)nn2)C1. The van der Waals surface area contributed by atoms with Gasteiger partial charge in [-0.2, -0.15) is 0 Å². The molecule has 0 spiro atoms. The Morgan fingerprint density at radius 3 is 3.17 bits per heavy atom. The molecule has 0 saturated carbocycles. The number of hydrogen-bond acceptors (Lipinski definition) is 5. The summed E-state index contributed by atoms with van der Waals surface area (Å²) in [5, 5.41) is 10.7. The Bertz CT molecular complexity index is 404. The average Bonchev–Trinajstić information content (AvgIpc) is 2.76. The molecule has 2 heterocycles. The van der Waals surface area contributed by atoms with E-state index in [1.54, 1.807) is 6.20 Å². The lowest BCUT2D eigenvalue weighted by Crippen LogP contribution is -2.47. The van der Waals surface area contributed by atoms with Crippen LogP contribution in [0.4, 0.5) is 0 Å². The van der Waals surface area contributed by atoms with Gasteiger partial charge in [0.25, 0.3) is 0 Å². The Hall–Kier alpha value is -1.47. The normalized spacial score (nSPS) is 20.9. The smallest absolute Gasteiger partial charge is 0.242 e. The molecule has 7 heteroatoms. The highest BCUT2D eigenvalue weighted by Crippen LogP contribution is 2.07. The maximum Gasteiger partial charge on any atom is 0.242 e. The Labute approximate surface area is 106 Å². The summed E-state index contributed by atoms with van der Waals surface area (Å²) in [5.74, 6) is -0.0243. The van der Waals surface area contributed by atoms with Gasteiger partial charge in [-0.05, 0) is 26.4 Å². The molecule has 0 bridgehead atoms. The van der Waals surface area contributed by atoms with E-state index in [0.717, 1.165) is 25.9 Å². The summed E-state index contributed by atoms with van der Waals surface area (Å²) < 4.78 is 1.52. The van der Waals surface area contributed by atoms with Gasteiger partial charge in [0.2, 0.25) is 5.91 Å². The quantitative estimate of drug-likeness (QED) is 0.713.